The smallest absolute Gasteiger partial charge is 0.243 e. The van der Waals surface area contributed by atoms with Crippen molar-refractivity contribution in [2.45, 2.75) is 32.0 Å². The molecular weight excluding hydrogens is 508 g/mol. The third-order valence-electron chi connectivity index (χ3n) is 6.60. The first-order chi connectivity index (χ1) is 19.5. The number of methoxy groups -OCH3 is 3. The number of hydrogen-bond donors (Lipinski definition) is 1. The number of nitrogens with zero attached hydrogens (tertiary/aromatic N) is 1. The number of amides is 2. The van der Waals surface area contributed by atoms with E-state index in [1.54, 1.807) is 56.8 Å². The second-order valence-electron chi connectivity index (χ2n) is 9.24. The van der Waals surface area contributed by atoms with Crippen LogP contribution in [0.5, 0.6) is 17.2 Å². The molecule has 4 rings (SSSR count). The molecule has 0 aliphatic heterocycles. The molecule has 0 bridgehead atoms. The summed E-state index contributed by atoms with van der Waals surface area (Å²) in [6, 6.07) is 25.3. The van der Waals surface area contributed by atoms with Crippen LogP contribution in [0.3, 0.4) is 0 Å². The van der Waals surface area contributed by atoms with Crippen molar-refractivity contribution >= 4 is 11.8 Å². The van der Waals surface area contributed by atoms with Gasteiger partial charge in [0.15, 0.2) is 11.5 Å². The Morgan fingerprint density at radius 3 is 2.17 bits per heavy atom. The first-order valence-electron chi connectivity index (χ1n) is 13.0. The maximum atomic E-state index is 14.0. The van der Waals surface area contributed by atoms with Gasteiger partial charge in [-0.05, 0) is 53.1 Å². The second kappa shape index (κ2) is 13.9. The number of furan rings is 1. The molecule has 208 valence electrons. The van der Waals surface area contributed by atoms with Crippen molar-refractivity contribution in [3.63, 3.8) is 0 Å². The van der Waals surface area contributed by atoms with Crippen LogP contribution in [-0.4, -0.2) is 44.1 Å². The van der Waals surface area contributed by atoms with E-state index in [4.69, 9.17) is 18.6 Å². The predicted octanol–water partition coefficient (Wildman–Crippen LogP) is 4.80. The normalized spacial score (nSPS) is 11.4. The topological polar surface area (TPSA) is 90.2 Å². The molecule has 1 atom stereocenters. The van der Waals surface area contributed by atoms with E-state index in [9.17, 15) is 9.59 Å². The Balaban J connectivity index is 1.66. The highest BCUT2D eigenvalue weighted by Crippen LogP contribution is 2.28. The van der Waals surface area contributed by atoms with Crippen LogP contribution < -0.4 is 19.5 Å². The number of hydrogen-bond acceptors (Lipinski definition) is 6. The molecule has 0 unspecified atom stereocenters. The zero-order valence-electron chi connectivity index (χ0n) is 23.0. The van der Waals surface area contributed by atoms with Crippen molar-refractivity contribution in [2.24, 2.45) is 0 Å². The van der Waals surface area contributed by atoms with Crippen LogP contribution in [-0.2, 0) is 35.5 Å². The Hall–Kier alpha value is -4.72. The third kappa shape index (κ3) is 7.44. The fourth-order valence-corrected chi connectivity index (χ4v) is 4.45. The van der Waals surface area contributed by atoms with Gasteiger partial charge in [0.05, 0.1) is 40.6 Å². The fourth-order valence-electron chi connectivity index (χ4n) is 4.45. The van der Waals surface area contributed by atoms with Crippen LogP contribution >= 0.6 is 0 Å². The lowest BCUT2D eigenvalue weighted by molar-refractivity contribution is -0.140. The molecule has 2 amide bonds. The van der Waals surface area contributed by atoms with E-state index >= 15 is 0 Å². The Morgan fingerprint density at radius 2 is 1.52 bits per heavy atom. The Kier molecular flexibility index (Phi) is 9.83. The van der Waals surface area contributed by atoms with Gasteiger partial charge in [-0.25, -0.2) is 0 Å². The zero-order valence-corrected chi connectivity index (χ0v) is 23.0. The molecule has 0 radical (unpaired) electrons. The lowest BCUT2D eigenvalue weighted by Crippen LogP contribution is -2.50. The molecule has 3 aromatic carbocycles. The molecular formula is C32H34N2O6. The predicted molar refractivity (Wildman–Crippen MR) is 151 cm³/mol. The minimum absolute atomic E-state index is 0.0766. The van der Waals surface area contributed by atoms with Crippen molar-refractivity contribution < 1.29 is 28.2 Å². The summed E-state index contributed by atoms with van der Waals surface area (Å²) in [6.07, 6.45) is 1.98. The van der Waals surface area contributed by atoms with Crippen LogP contribution in [0.15, 0.2) is 95.6 Å². The highest BCUT2D eigenvalue weighted by atomic mass is 16.5. The molecule has 1 N–H and O–H groups in total. The summed E-state index contributed by atoms with van der Waals surface area (Å²) >= 11 is 0. The van der Waals surface area contributed by atoms with Crippen molar-refractivity contribution in [1.29, 1.82) is 0 Å². The summed E-state index contributed by atoms with van der Waals surface area (Å²) in [4.78, 5) is 29.3. The summed E-state index contributed by atoms with van der Waals surface area (Å²) in [6.45, 7) is 0.457. The molecule has 1 aromatic heterocycles. The zero-order chi connectivity index (χ0) is 28.3. The molecule has 4 aromatic rings. The maximum Gasteiger partial charge on any atom is 0.243 e. The summed E-state index contributed by atoms with van der Waals surface area (Å²) < 4.78 is 21.5. The highest BCUT2D eigenvalue weighted by molar-refractivity contribution is 5.88. The van der Waals surface area contributed by atoms with E-state index in [-0.39, 0.29) is 31.3 Å². The number of benzene rings is 3. The monoisotopic (exact) mass is 542 g/mol. The first kappa shape index (κ1) is 28.3. The Labute approximate surface area is 234 Å². The largest absolute Gasteiger partial charge is 0.497 e. The summed E-state index contributed by atoms with van der Waals surface area (Å²) in [5.74, 6) is 1.99. The van der Waals surface area contributed by atoms with E-state index in [1.807, 2.05) is 60.7 Å². The summed E-state index contributed by atoms with van der Waals surface area (Å²) in [5, 5.41) is 2.96. The van der Waals surface area contributed by atoms with Crippen molar-refractivity contribution in [2.75, 3.05) is 21.3 Å². The average molecular weight is 543 g/mol. The minimum atomic E-state index is -0.771. The molecule has 0 aliphatic rings. The van der Waals surface area contributed by atoms with E-state index in [0.717, 1.165) is 16.7 Å². The average Bonchev–Trinajstić information content (AvgIpc) is 3.52. The Bertz CT molecular complexity index is 1370. The second-order valence-corrected chi connectivity index (χ2v) is 9.24. The third-order valence-corrected chi connectivity index (χ3v) is 6.60. The van der Waals surface area contributed by atoms with Gasteiger partial charge in [0.1, 0.15) is 17.6 Å². The van der Waals surface area contributed by atoms with Crippen LogP contribution in [0.4, 0.5) is 0 Å². The van der Waals surface area contributed by atoms with Crippen LogP contribution in [0.25, 0.3) is 0 Å². The molecule has 0 saturated heterocycles. The van der Waals surface area contributed by atoms with E-state index < -0.39 is 6.04 Å². The van der Waals surface area contributed by atoms with Gasteiger partial charge >= 0.3 is 0 Å². The molecule has 0 aliphatic carbocycles. The molecule has 0 fully saturated rings. The molecule has 8 nitrogen and oxygen atoms in total. The van der Waals surface area contributed by atoms with Gasteiger partial charge in [-0.2, -0.15) is 0 Å². The first-order valence-corrected chi connectivity index (χ1v) is 13.0. The van der Waals surface area contributed by atoms with Crippen molar-refractivity contribution in [1.82, 2.24) is 10.2 Å². The van der Waals surface area contributed by atoms with E-state index in [0.29, 0.717) is 29.4 Å². The molecule has 0 saturated carbocycles. The van der Waals surface area contributed by atoms with Gasteiger partial charge in [0.2, 0.25) is 11.8 Å². The van der Waals surface area contributed by atoms with Gasteiger partial charge in [0, 0.05) is 13.0 Å². The van der Waals surface area contributed by atoms with Crippen LogP contribution in [0, 0.1) is 0 Å². The summed E-state index contributed by atoms with van der Waals surface area (Å²) in [5.41, 5.74) is 2.56. The van der Waals surface area contributed by atoms with Crippen molar-refractivity contribution in [3.8, 4) is 17.2 Å². The van der Waals surface area contributed by atoms with Gasteiger partial charge in [-0.3, -0.25) is 9.59 Å². The van der Waals surface area contributed by atoms with Gasteiger partial charge in [-0.15, -0.1) is 0 Å². The molecule has 8 heteroatoms. The van der Waals surface area contributed by atoms with E-state index in [1.165, 1.54) is 0 Å². The maximum absolute atomic E-state index is 14.0. The van der Waals surface area contributed by atoms with Gasteiger partial charge in [-0.1, -0.05) is 48.5 Å². The van der Waals surface area contributed by atoms with Gasteiger partial charge < -0.3 is 28.8 Å². The van der Waals surface area contributed by atoms with E-state index in [2.05, 4.69) is 5.32 Å². The fraction of sp³-hybridized carbons (Fsp3) is 0.250. The lowest BCUT2D eigenvalue weighted by atomic mass is 10.0. The summed E-state index contributed by atoms with van der Waals surface area (Å²) in [7, 11) is 4.72. The van der Waals surface area contributed by atoms with Gasteiger partial charge in [0.25, 0.3) is 0 Å². The Morgan fingerprint density at radius 1 is 0.800 bits per heavy atom. The standard InChI is InChI=1S/C32H34N2O6/c1-37-26-14-11-24(12-15-26)22-34(31(35)20-25-13-16-29(38-2)30(19-25)39-3)28(18-23-8-5-4-6-9-23)32(36)33-21-27-10-7-17-40-27/h4-17,19,28H,18,20-22H2,1-3H3,(H,33,36)/t28-/m0/s1. The number of carbonyl (C=O) groups excluding carboxylic acids is 2. The number of rotatable bonds is 13. The molecule has 0 spiro atoms. The van der Waals surface area contributed by atoms with Crippen molar-refractivity contribution in [3.05, 3.63) is 114 Å². The highest BCUT2D eigenvalue weighted by Gasteiger charge is 2.30. The van der Waals surface area contributed by atoms with Crippen LogP contribution in [0.2, 0.25) is 0 Å². The lowest BCUT2D eigenvalue weighted by Gasteiger charge is -2.31. The number of nitrogens with one attached hydrogen (secondary N) is 1. The molecule has 40 heavy (non-hydrogen) atoms. The molecule has 1 heterocycles. The minimum Gasteiger partial charge on any atom is -0.497 e. The number of ether oxygens (including phenoxy) is 3. The quantitative estimate of drug-likeness (QED) is 0.261. The van der Waals surface area contributed by atoms with Crippen LogP contribution in [0.1, 0.15) is 22.5 Å². The SMILES string of the molecule is COc1ccc(CN(C(=O)Cc2ccc(OC)c(OC)c2)[C@@H](Cc2ccccc2)C(=O)NCc2ccco2)cc1. The number of carbonyl (C=O) groups is 2.